The van der Waals surface area contributed by atoms with Gasteiger partial charge in [0.1, 0.15) is 12.0 Å². The molecule has 4 rings (SSSR count). The van der Waals surface area contributed by atoms with Gasteiger partial charge in [0.25, 0.3) is 5.56 Å². The Bertz CT molecular complexity index is 1290. The lowest BCUT2D eigenvalue weighted by atomic mass is 10.0. The fourth-order valence-corrected chi connectivity index (χ4v) is 3.46. The first-order valence-electron chi connectivity index (χ1n) is 9.63. The van der Waals surface area contributed by atoms with E-state index in [-0.39, 0.29) is 17.8 Å². The van der Waals surface area contributed by atoms with Gasteiger partial charge in [0, 0.05) is 42.0 Å². The number of aliphatic hydroxyl groups is 1. The van der Waals surface area contributed by atoms with E-state index in [1.807, 2.05) is 0 Å². The molecule has 0 spiro atoms. The first-order valence-corrected chi connectivity index (χ1v) is 9.63. The number of pyridine rings is 3. The van der Waals surface area contributed by atoms with Crippen molar-refractivity contribution in [2.75, 3.05) is 5.32 Å². The van der Waals surface area contributed by atoms with E-state index in [0.29, 0.717) is 22.0 Å². The Morgan fingerprint density at radius 1 is 1.22 bits per heavy atom. The summed E-state index contributed by atoms with van der Waals surface area (Å²) in [7, 11) is 1.50. The number of aryl methyl sites for hydroxylation is 2. The van der Waals surface area contributed by atoms with E-state index in [1.165, 1.54) is 36.9 Å². The van der Waals surface area contributed by atoms with Gasteiger partial charge < -0.3 is 15.0 Å². The Labute approximate surface area is 178 Å². The highest BCUT2D eigenvalue weighted by molar-refractivity contribution is 5.95. The van der Waals surface area contributed by atoms with Crippen LogP contribution in [-0.4, -0.2) is 37.9 Å². The summed E-state index contributed by atoms with van der Waals surface area (Å²) in [5.41, 5.74) is 0.273. The molecule has 0 saturated heterocycles. The number of fused-ring (bicyclic) bond motifs is 1. The minimum Gasteiger partial charge on any atom is -0.378 e. The topological polar surface area (TPSA) is 97.1 Å². The molecule has 3 unspecified atom stereocenters. The molecular weight excluding hydrogens is 432 g/mol. The Morgan fingerprint density at radius 2 is 1.91 bits per heavy atom. The maximum absolute atomic E-state index is 13.1. The van der Waals surface area contributed by atoms with Crippen molar-refractivity contribution in [2.24, 2.45) is 13.0 Å². The number of aromatic nitrogens is 3. The van der Waals surface area contributed by atoms with Gasteiger partial charge in [-0.05, 0) is 31.0 Å². The van der Waals surface area contributed by atoms with Gasteiger partial charge in [0.15, 0.2) is 6.10 Å². The van der Waals surface area contributed by atoms with Crippen LogP contribution >= 0.6 is 0 Å². The molecule has 3 atom stereocenters. The third-order valence-electron chi connectivity index (χ3n) is 5.42. The summed E-state index contributed by atoms with van der Waals surface area (Å²) in [5.74, 6) is -0.991. The summed E-state index contributed by atoms with van der Waals surface area (Å²) in [6, 6.07) is 4.10. The Balaban J connectivity index is 1.71. The molecule has 32 heavy (non-hydrogen) atoms. The first kappa shape index (κ1) is 21.9. The summed E-state index contributed by atoms with van der Waals surface area (Å²) in [5, 5.41) is 12.5. The SMILES string of the molecule is Cc1cc(C(O)C(F)(F)F)ncc1-c1cc2cnc(NC(=O)C3CC3F)cc2n(C)c1=O. The van der Waals surface area contributed by atoms with Crippen LogP contribution in [0.25, 0.3) is 22.0 Å². The molecule has 11 heteroatoms. The van der Waals surface area contributed by atoms with Crippen LogP contribution in [0, 0.1) is 12.8 Å². The number of halogens is 4. The van der Waals surface area contributed by atoms with Gasteiger partial charge in [-0.25, -0.2) is 9.37 Å². The number of aliphatic hydroxyl groups excluding tert-OH is 1. The summed E-state index contributed by atoms with van der Waals surface area (Å²) in [6.45, 7) is 1.51. The number of anilines is 1. The molecule has 0 aliphatic heterocycles. The van der Waals surface area contributed by atoms with Crippen LogP contribution in [0.1, 0.15) is 23.8 Å². The molecule has 0 bridgehead atoms. The average Bonchev–Trinajstić information content (AvgIpc) is 3.47. The highest BCUT2D eigenvalue weighted by atomic mass is 19.4. The third-order valence-corrected chi connectivity index (χ3v) is 5.42. The van der Waals surface area contributed by atoms with Gasteiger partial charge in [-0.15, -0.1) is 0 Å². The fraction of sp³-hybridized carbons (Fsp3) is 0.333. The van der Waals surface area contributed by atoms with E-state index < -0.39 is 41.5 Å². The number of rotatable bonds is 4. The number of hydrogen-bond acceptors (Lipinski definition) is 5. The van der Waals surface area contributed by atoms with Gasteiger partial charge in [-0.2, -0.15) is 13.2 Å². The summed E-state index contributed by atoms with van der Waals surface area (Å²) in [6.07, 6.45) is -6.01. The third kappa shape index (κ3) is 3.95. The number of amides is 1. The lowest BCUT2D eigenvalue weighted by Crippen LogP contribution is -2.22. The van der Waals surface area contributed by atoms with Gasteiger partial charge in [-0.1, -0.05) is 0 Å². The van der Waals surface area contributed by atoms with Gasteiger partial charge in [-0.3, -0.25) is 14.6 Å². The lowest BCUT2D eigenvalue weighted by molar-refractivity contribution is -0.207. The quantitative estimate of drug-likeness (QED) is 0.595. The Kier molecular flexibility index (Phi) is 5.24. The van der Waals surface area contributed by atoms with Crippen LogP contribution in [0.4, 0.5) is 23.4 Å². The van der Waals surface area contributed by atoms with Crippen molar-refractivity contribution < 1.29 is 27.5 Å². The van der Waals surface area contributed by atoms with Crippen molar-refractivity contribution in [1.29, 1.82) is 0 Å². The van der Waals surface area contributed by atoms with E-state index in [0.717, 1.165) is 12.3 Å². The van der Waals surface area contributed by atoms with Gasteiger partial charge in [0.05, 0.1) is 17.1 Å². The molecule has 7 nitrogen and oxygen atoms in total. The highest BCUT2D eigenvalue weighted by Crippen LogP contribution is 2.35. The number of carbonyl (C=O) groups excluding carboxylic acids is 1. The summed E-state index contributed by atoms with van der Waals surface area (Å²) in [4.78, 5) is 32.7. The highest BCUT2D eigenvalue weighted by Gasteiger charge is 2.43. The molecule has 1 aliphatic rings. The number of carbonyl (C=O) groups is 1. The molecule has 1 amide bonds. The molecule has 3 aromatic heterocycles. The van der Waals surface area contributed by atoms with Crippen LogP contribution in [0.2, 0.25) is 0 Å². The molecular formula is C21H18F4N4O3. The van der Waals surface area contributed by atoms with Crippen molar-refractivity contribution in [3.05, 3.63) is 52.2 Å². The van der Waals surface area contributed by atoms with Crippen LogP contribution < -0.4 is 10.9 Å². The number of hydrogen-bond donors (Lipinski definition) is 2. The Hall–Kier alpha value is -3.34. The lowest BCUT2D eigenvalue weighted by Gasteiger charge is -2.16. The predicted octanol–water partition coefficient (Wildman–Crippen LogP) is 3.20. The van der Waals surface area contributed by atoms with E-state index in [9.17, 15) is 32.3 Å². The summed E-state index contributed by atoms with van der Waals surface area (Å²) < 4.78 is 52.7. The van der Waals surface area contributed by atoms with Crippen molar-refractivity contribution in [3.63, 3.8) is 0 Å². The standard InChI is InChI=1S/C21H18F4N4O3/c1-9-3-15(18(30)21(23,24)25)26-8-13(9)11-4-10-7-27-17(6-16(10)29(2)20(11)32)28-19(31)12-5-14(12)22/h3-4,6-8,12,14,18,30H,5H2,1-2H3,(H,27,28,31). The number of nitrogens with one attached hydrogen (secondary N) is 1. The van der Waals surface area contributed by atoms with Crippen LogP contribution in [0.5, 0.6) is 0 Å². The van der Waals surface area contributed by atoms with Crippen LogP contribution in [0.3, 0.4) is 0 Å². The second kappa shape index (κ2) is 7.66. The molecule has 1 fully saturated rings. The smallest absolute Gasteiger partial charge is 0.378 e. The molecule has 3 aromatic rings. The fourth-order valence-electron chi connectivity index (χ4n) is 3.46. The van der Waals surface area contributed by atoms with Crippen LogP contribution in [-0.2, 0) is 11.8 Å². The maximum atomic E-state index is 13.1. The van der Waals surface area contributed by atoms with Gasteiger partial charge >= 0.3 is 6.18 Å². The average molecular weight is 450 g/mol. The Morgan fingerprint density at radius 3 is 2.50 bits per heavy atom. The van der Waals surface area contributed by atoms with E-state index in [4.69, 9.17) is 0 Å². The maximum Gasteiger partial charge on any atom is 0.420 e. The number of nitrogens with zero attached hydrogens (tertiary/aromatic N) is 3. The zero-order valence-electron chi connectivity index (χ0n) is 16.9. The monoisotopic (exact) mass is 450 g/mol. The first-order chi connectivity index (χ1) is 15.0. The molecule has 3 heterocycles. The minimum atomic E-state index is -4.86. The predicted molar refractivity (Wildman–Crippen MR) is 108 cm³/mol. The zero-order chi connectivity index (χ0) is 23.4. The molecule has 168 valence electrons. The summed E-state index contributed by atoms with van der Waals surface area (Å²) >= 11 is 0. The largest absolute Gasteiger partial charge is 0.420 e. The second-order valence-corrected chi connectivity index (χ2v) is 7.77. The van der Waals surface area contributed by atoms with Crippen LogP contribution in [0.15, 0.2) is 35.4 Å². The van der Waals surface area contributed by atoms with Gasteiger partial charge in [0.2, 0.25) is 5.91 Å². The molecule has 0 radical (unpaired) electrons. The van der Waals surface area contributed by atoms with E-state index >= 15 is 0 Å². The second-order valence-electron chi connectivity index (χ2n) is 7.77. The molecule has 0 aromatic carbocycles. The van der Waals surface area contributed by atoms with E-state index in [1.54, 1.807) is 0 Å². The molecule has 1 aliphatic carbocycles. The zero-order valence-corrected chi connectivity index (χ0v) is 16.9. The van der Waals surface area contributed by atoms with Crippen molar-refractivity contribution in [1.82, 2.24) is 14.5 Å². The minimum absolute atomic E-state index is 0.174. The number of alkyl halides is 4. The molecule has 1 saturated carbocycles. The molecule has 2 N–H and O–H groups in total. The van der Waals surface area contributed by atoms with E-state index in [2.05, 4.69) is 15.3 Å². The normalized spacial score (nSPS) is 19.1. The van der Waals surface area contributed by atoms with Crippen molar-refractivity contribution in [2.45, 2.75) is 31.8 Å². The van der Waals surface area contributed by atoms with Crippen molar-refractivity contribution >= 4 is 22.6 Å². The van der Waals surface area contributed by atoms with Crippen molar-refractivity contribution in [3.8, 4) is 11.1 Å².